The van der Waals surface area contributed by atoms with Crippen LogP contribution in [0.2, 0.25) is 0 Å². The Morgan fingerprint density at radius 1 is 0.875 bits per heavy atom. The zero-order chi connectivity index (χ0) is 17.1. The lowest BCUT2D eigenvalue weighted by molar-refractivity contribution is -0.150. The highest BCUT2D eigenvalue weighted by molar-refractivity contribution is 5.09. The van der Waals surface area contributed by atoms with Crippen LogP contribution in [0.1, 0.15) is 85.5 Å². The summed E-state index contributed by atoms with van der Waals surface area (Å²) in [6.45, 7) is 9.37. The van der Waals surface area contributed by atoms with Crippen molar-refractivity contribution in [2.75, 3.05) is 0 Å². The molecule has 0 aliphatic heterocycles. The predicted molar refractivity (Wildman–Crippen MR) is 97.7 cm³/mol. The van der Waals surface area contributed by atoms with Crippen LogP contribution in [0.25, 0.3) is 0 Å². The van der Waals surface area contributed by atoms with E-state index in [9.17, 15) is 5.11 Å². The van der Waals surface area contributed by atoms with Crippen LogP contribution in [0.4, 0.5) is 0 Å². The lowest BCUT2D eigenvalue weighted by atomic mass is 9.45. The fraction of sp³-hybridized carbons (Fsp3) is 1.00. The van der Waals surface area contributed by atoms with Crippen molar-refractivity contribution in [1.29, 1.82) is 0 Å². The molecule has 4 aliphatic rings. The van der Waals surface area contributed by atoms with E-state index in [2.05, 4.69) is 27.7 Å². The van der Waals surface area contributed by atoms with Crippen molar-refractivity contribution in [3.05, 3.63) is 0 Å². The molecule has 2 nitrogen and oxygen atoms in total. The molecule has 0 bridgehead atoms. The summed E-state index contributed by atoms with van der Waals surface area (Å²) in [6.07, 6.45) is 12.5. The molecular weight excluding hydrogens is 296 g/mol. The summed E-state index contributed by atoms with van der Waals surface area (Å²) < 4.78 is 6.27. The third-order valence-corrected chi connectivity index (χ3v) is 8.98. The van der Waals surface area contributed by atoms with Gasteiger partial charge in [0.2, 0.25) is 0 Å². The molecule has 8 atom stereocenters. The molecule has 4 saturated carbocycles. The third kappa shape index (κ3) is 2.50. The van der Waals surface area contributed by atoms with Crippen LogP contribution < -0.4 is 0 Å². The van der Waals surface area contributed by atoms with E-state index in [0.29, 0.717) is 17.6 Å². The van der Waals surface area contributed by atoms with Gasteiger partial charge in [0.05, 0.1) is 18.3 Å². The Bertz CT molecular complexity index is 475. The SMILES string of the molecule is CC(C)OC1CCC2CC[C@@H]3[C@@H](CC[C@]4(C)C(O)CC[C@@H]34)[C@@]2(C)C1. The van der Waals surface area contributed by atoms with Crippen molar-refractivity contribution in [2.24, 2.45) is 34.5 Å². The van der Waals surface area contributed by atoms with E-state index in [0.717, 1.165) is 30.1 Å². The number of rotatable bonds is 2. The van der Waals surface area contributed by atoms with E-state index >= 15 is 0 Å². The maximum atomic E-state index is 10.6. The highest BCUT2D eigenvalue weighted by Crippen LogP contribution is 2.66. The number of aliphatic hydroxyl groups is 1. The van der Waals surface area contributed by atoms with Gasteiger partial charge in [0.25, 0.3) is 0 Å². The van der Waals surface area contributed by atoms with Gasteiger partial charge in [-0.3, -0.25) is 0 Å². The predicted octanol–water partition coefficient (Wildman–Crippen LogP) is 5.18. The Kier molecular flexibility index (Phi) is 4.32. The molecule has 0 aromatic carbocycles. The second-order valence-electron chi connectivity index (χ2n) is 10.4. The van der Waals surface area contributed by atoms with E-state index in [1.807, 2.05) is 0 Å². The Labute approximate surface area is 148 Å². The molecule has 0 spiro atoms. The van der Waals surface area contributed by atoms with Crippen LogP contribution in [-0.4, -0.2) is 23.4 Å². The van der Waals surface area contributed by atoms with E-state index in [4.69, 9.17) is 4.74 Å². The average molecular weight is 335 g/mol. The van der Waals surface area contributed by atoms with Crippen molar-refractivity contribution in [3.8, 4) is 0 Å². The van der Waals surface area contributed by atoms with Crippen molar-refractivity contribution >= 4 is 0 Å². The minimum absolute atomic E-state index is 0.0441. The van der Waals surface area contributed by atoms with Crippen molar-refractivity contribution in [1.82, 2.24) is 0 Å². The van der Waals surface area contributed by atoms with Gasteiger partial charge in [-0.05, 0) is 106 Å². The maximum Gasteiger partial charge on any atom is 0.0596 e. The average Bonchev–Trinajstić information content (AvgIpc) is 2.81. The number of hydrogen-bond acceptors (Lipinski definition) is 2. The number of hydrogen-bond donors (Lipinski definition) is 1. The monoisotopic (exact) mass is 334 g/mol. The van der Waals surface area contributed by atoms with Crippen molar-refractivity contribution in [3.63, 3.8) is 0 Å². The molecule has 0 radical (unpaired) electrons. The standard InChI is InChI=1S/C22H38O2/c1-14(2)24-16-7-5-15-6-8-17-18-9-10-20(23)21(18,3)12-11-19(17)22(15,4)13-16/h14-20,23H,5-13H2,1-4H3/t15?,16?,17-,18-,19+,20?,21-,22-/m0/s1. The molecule has 0 amide bonds. The summed E-state index contributed by atoms with van der Waals surface area (Å²) in [4.78, 5) is 0. The Morgan fingerprint density at radius 3 is 2.33 bits per heavy atom. The molecule has 0 saturated heterocycles. The van der Waals surface area contributed by atoms with E-state index in [1.165, 1.54) is 51.4 Å². The first-order valence-electron chi connectivity index (χ1n) is 10.7. The minimum atomic E-state index is -0.0441. The lowest BCUT2D eigenvalue weighted by Crippen LogP contribution is -2.55. The topological polar surface area (TPSA) is 29.5 Å². The van der Waals surface area contributed by atoms with Gasteiger partial charge >= 0.3 is 0 Å². The van der Waals surface area contributed by atoms with Crippen LogP contribution in [0.15, 0.2) is 0 Å². The van der Waals surface area contributed by atoms with Crippen molar-refractivity contribution in [2.45, 2.75) is 104 Å². The van der Waals surface area contributed by atoms with Gasteiger partial charge in [-0.15, -0.1) is 0 Å². The van der Waals surface area contributed by atoms with E-state index < -0.39 is 0 Å². The van der Waals surface area contributed by atoms with Crippen LogP contribution in [0.5, 0.6) is 0 Å². The lowest BCUT2D eigenvalue weighted by Gasteiger charge is -2.61. The molecule has 0 aromatic heterocycles. The molecule has 4 rings (SSSR count). The highest BCUT2D eigenvalue weighted by atomic mass is 16.5. The van der Waals surface area contributed by atoms with Crippen LogP contribution >= 0.6 is 0 Å². The number of fused-ring (bicyclic) bond motifs is 5. The molecule has 1 N–H and O–H groups in total. The molecule has 138 valence electrons. The summed E-state index contributed by atoms with van der Waals surface area (Å²) in [5.41, 5.74) is 0.697. The second-order valence-corrected chi connectivity index (χ2v) is 10.4. The van der Waals surface area contributed by atoms with Crippen molar-refractivity contribution < 1.29 is 9.84 Å². The van der Waals surface area contributed by atoms with Crippen LogP contribution in [0.3, 0.4) is 0 Å². The number of aliphatic hydroxyl groups excluding tert-OH is 1. The summed E-state index contributed by atoms with van der Waals surface area (Å²) in [5.74, 6) is 3.43. The maximum absolute atomic E-state index is 10.6. The third-order valence-electron chi connectivity index (χ3n) is 8.98. The highest BCUT2D eigenvalue weighted by Gasteiger charge is 2.60. The Balaban J connectivity index is 1.57. The number of ether oxygens (including phenoxy) is 1. The quantitative estimate of drug-likeness (QED) is 0.753. The van der Waals surface area contributed by atoms with E-state index in [-0.39, 0.29) is 11.5 Å². The van der Waals surface area contributed by atoms with E-state index in [1.54, 1.807) is 0 Å². The first-order chi connectivity index (χ1) is 11.3. The first kappa shape index (κ1) is 17.3. The van der Waals surface area contributed by atoms with Gasteiger partial charge in [0, 0.05) is 0 Å². The summed E-state index contributed by atoms with van der Waals surface area (Å²) in [5, 5.41) is 10.6. The van der Waals surface area contributed by atoms with Gasteiger partial charge in [-0.1, -0.05) is 13.8 Å². The Morgan fingerprint density at radius 2 is 1.58 bits per heavy atom. The molecule has 0 heterocycles. The van der Waals surface area contributed by atoms with Gasteiger partial charge in [0.1, 0.15) is 0 Å². The van der Waals surface area contributed by atoms with Crippen LogP contribution in [0, 0.1) is 34.5 Å². The zero-order valence-electron chi connectivity index (χ0n) is 16.3. The Hall–Kier alpha value is -0.0800. The fourth-order valence-corrected chi connectivity index (χ4v) is 7.78. The molecule has 0 aromatic rings. The van der Waals surface area contributed by atoms with Gasteiger partial charge in [-0.2, -0.15) is 0 Å². The fourth-order valence-electron chi connectivity index (χ4n) is 7.78. The summed E-state index contributed by atoms with van der Waals surface area (Å²) in [6, 6.07) is 0. The molecule has 2 heteroatoms. The molecule has 4 aliphatic carbocycles. The van der Waals surface area contributed by atoms with Gasteiger partial charge in [0.15, 0.2) is 0 Å². The smallest absolute Gasteiger partial charge is 0.0596 e. The molecule has 24 heavy (non-hydrogen) atoms. The molecule has 3 unspecified atom stereocenters. The normalized spacial score (nSPS) is 54.2. The summed E-state index contributed by atoms with van der Waals surface area (Å²) >= 11 is 0. The first-order valence-corrected chi connectivity index (χ1v) is 10.7. The summed E-state index contributed by atoms with van der Waals surface area (Å²) in [7, 11) is 0. The van der Waals surface area contributed by atoms with Crippen LogP contribution in [-0.2, 0) is 4.74 Å². The minimum Gasteiger partial charge on any atom is -0.393 e. The van der Waals surface area contributed by atoms with Gasteiger partial charge in [-0.25, -0.2) is 0 Å². The second kappa shape index (κ2) is 5.98. The molecular formula is C22H38O2. The largest absolute Gasteiger partial charge is 0.393 e. The molecule has 4 fully saturated rings. The zero-order valence-corrected chi connectivity index (χ0v) is 16.3. The van der Waals surface area contributed by atoms with Gasteiger partial charge < -0.3 is 9.84 Å².